The highest BCUT2D eigenvalue weighted by atomic mass is 16.6. The predicted molar refractivity (Wildman–Crippen MR) is 38.8 cm³/mol. The minimum absolute atomic E-state index is 0.0718. The number of hydrogen-bond acceptors (Lipinski definition) is 2. The van der Waals surface area contributed by atoms with Crippen molar-refractivity contribution in [2.24, 2.45) is 0 Å². The summed E-state index contributed by atoms with van der Waals surface area (Å²) < 4.78 is 5.12. The van der Waals surface area contributed by atoms with Crippen molar-refractivity contribution in [2.75, 3.05) is 0 Å². The molecule has 0 aromatic carbocycles. The molecule has 1 heterocycles. The van der Waals surface area contributed by atoms with Crippen molar-refractivity contribution in [1.82, 2.24) is 0 Å². The van der Waals surface area contributed by atoms with Crippen LogP contribution in [0.5, 0.6) is 0 Å². The van der Waals surface area contributed by atoms with Crippen molar-refractivity contribution in [3.8, 4) is 0 Å². The molecule has 1 aliphatic rings. The lowest BCUT2D eigenvalue weighted by Crippen LogP contribution is -2.19. The van der Waals surface area contributed by atoms with Gasteiger partial charge in [-0.1, -0.05) is 6.08 Å². The number of rotatable bonds is 2. The zero-order valence-corrected chi connectivity index (χ0v) is 6.55. The molecule has 2 nitrogen and oxygen atoms in total. The van der Waals surface area contributed by atoms with Crippen LogP contribution in [0.1, 0.15) is 20.8 Å². The Morgan fingerprint density at radius 3 is 2.50 bits per heavy atom. The van der Waals surface area contributed by atoms with Gasteiger partial charge in [0.25, 0.3) is 0 Å². The lowest BCUT2D eigenvalue weighted by atomic mass is 10.0. The Bertz CT molecular complexity index is 184. The van der Waals surface area contributed by atoms with Crippen LogP contribution < -0.4 is 0 Å². The van der Waals surface area contributed by atoms with E-state index in [9.17, 15) is 4.79 Å². The number of allylic oxidation sites excluding steroid dienone is 1. The molecular weight excluding hydrogens is 128 g/mol. The third kappa shape index (κ3) is 0.991. The van der Waals surface area contributed by atoms with Gasteiger partial charge in [0.2, 0.25) is 0 Å². The van der Waals surface area contributed by atoms with Gasteiger partial charge in [0.05, 0.1) is 6.10 Å². The maximum Gasteiger partial charge on any atom is 0.189 e. The summed E-state index contributed by atoms with van der Waals surface area (Å²) in [5.41, 5.74) is -0.507. The minimum Gasteiger partial charge on any atom is -0.358 e. The summed E-state index contributed by atoms with van der Waals surface area (Å²) in [6.07, 6.45) is 3.39. The Morgan fingerprint density at radius 2 is 2.20 bits per heavy atom. The maximum atomic E-state index is 11.1. The van der Waals surface area contributed by atoms with Gasteiger partial charge in [0.1, 0.15) is 0 Å². The Kier molecular flexibility index (Phi) is 1.65. The largest absolute Gasteiger partial charge is 0.358 e. The monoisotopic (exact) mass is 140 g/mol. The molecule has 2 atom stereocenters. The van der Waals surface area contributed by atoms with Crippen LogP contribution in [0.15, 0.2) is 12.2 Å². The molecule has 1 aliphatic heterocycles. The first-order valence-corrected chi connectivity index (χ1v) is 3.46. The summed E-state index contributed by atoms with van der Waals surface area (Å²) in [7, 11) is 0. The van der Waals surface area contributed by atoms with Crippen molar-refractivity contribution in [1.29, 1.82) is 0 Å². The molecular formula is C8H12O2. The molecule has 1 rings (SSSR count). The Balaban J connectivity index is 2.59. The van der Waals surface area contributed by atoms with Crippen LogP contribution in [0, 0.1) is 0 Å². The first kappa shape index (κ1) is 7.48. The zero-order chi connectivity index (χ0) is 7.78. The van der Waals surface area contributed by atoms with Gasteiger partial charge in [-0.05, 0) is 26.8 Å². The molecule has 2 heteroatoms. The average molecular weight is 140 g/mol. The summed E-state index contributed by atoms with van der Waals surface area (Å²) in [4.78, 5) is 11.1. The van der Waals surface area contributed by atoms with Gasteiger partial charge in [0.15, 0.2) is 11.4 Å². The number of ether oxygens (including phenoxy) is 1. The summed E-state index contributed by atoms with van der Waals surface area (Å²) in [6, 6.07) is 0. The van der Waals surface area contributed by atoms with E-state index in [1.54, 1.807) is 12.2 Å². The van der Waals surface area contributed by atoms with Crippen LogP contribution in [-0.4, -0.2) is 17.5 Å². The van der Waals surface area contributed by atoms with E-state index in [2.05, 4.69) is 0 Å². The summed E-state index contributed by atoms with van der Waals surface area (Å²) >= 11 is 0. The molecule has 0 bridgehead atoms. The van der Waals surface area contributed by atoms with Gasteiger partial charge >= 0.3 is 0 Å². The maximum absolute atomic E-state index is 11.1. The second-order valence-corrected chi connectivity index (χ2v) is 2.73. The highest BCUT2D eigenvalue weighted by Gasteiger charge is 2.53. The van der Waals surface area contributed by atoms with Crippen molar-refractivity contribution in [2.45, 2.75) is 32.5 Å². The van der Waals surface area contributed by atoms with Crippen molar-refractivity contribution >= 4 is 5.78 Å². The number of carbonyl (C=O) groups is 1. The Hall–Kier alpha value is -0.630. The van der Waals surface area contributed by atoms with Gasteiger partial charge in [0, 0.05) is 0 Å². The molecule has 0 aromatic rings. The van der Waals surface area contributed by atoms with Crippen molar-refractivity contribution in [3.63, 3.8) is 0 Å². The highest BCUT2D eigenvalue weighted by Crippen LogP contribution is 2.36. The van der Waals surface area contributed by atoms with Gasteiger partial charge in [-0.15, -0.1) is 0 Å². The lowest BCUT2D eigenvalue weighted by molar-refractivity contribution is -0.118. The molecule has 0 aromatic heterocycles. The van der Waals surface area contributed by atoms with E-state index >= 15 is 0 Å². The van der Waals surface area contributed by atoms with Gasteiger partial charge < -0.3 is 4.74 Å². The van der Waals surface area contributed by atoms with Crippen LogP contribution in [-0.2, 0) is 9.53 Å². The predicted octanol–water partition coefficient (Wildman–Crippen LogP) is 1.31. The number of hydrogen-bond donors (Lipinski definition) is 0. The van der Waals surface area contributed by atoms with Gasteiger partial charge in [-0.3, -0.25) is 4.79 Å². The van der Waals surface area contributed by atoms with E-state index < -0.39 is 5.60 Å². The molecule has 0 radical (unpaired) electrons. The van der Waals surface area contributed by atoms with Crippen molar-refractivity contribution in [3.05, 3.63) is 12.2 Å². The molecule has 1 fully saturated rings. The molecule has 0 spiro atoms. The van der Waals surface area contributed by atoms with Gasteiger partial charge in [-0.25, -0.2) is 0 Å². The quantitative estimate of drug-likeness (QED) is 0.427. The Morgan fingerprint density at radius 1 is 1.70 bits per heavy atom. The molecule has 0 aliphatic carbocycles. The molecule has 2 unspecified atom stereocenters. The minimum atomic E-state index is -0.507. The van der Waals surface area contributed by atoms with Crippen molar-refractivity contribution < 1.29 is 9.53 Å². The highest BCUT2D eigenvalue weighted by molar-refractivity contribution is 5.99. The SMILES string of the molecule is C/C=C/C(=O)C1(C)OC1C. The Labute approximate surface area is 60.9 Å². The van der Waals surface area contributed by atoms with Gasteiger partial charge in [-0.2, -0.15) is 0 Å². The molecule has 0 saturated carbocycles. The topological polar surface area (TPSA) is 29.6 Å². The average Bonchev–Trinajstić information content (AvgIpc) is 2.43. The third-order valence-electron chi connectivity index (χ3n) is 1.95. The second kappa shape index (κ2) is 2.20. The van der Waals surface area contributed by atoms with E-state index in [0.717, 1.165) is 0 Å². The molecule has 1 saturated heterocycles. The molecule has 56 valence electrons. The number of ketones is 1. The fourth-order valence-electron chi connectivity index (χ4n) is 0.908. The van der Waals surface area contributed by atoms with E-state index in [1.165, 1.54) is 0 Å². The van der Waals surface area contributed by atoms with E-state index in [0.29, 0.717) is 0 Å². The summed E-state index contributed by atoms with van der Waals surface area (Å²) in [5.74, 6) is 0.0718. The standard InChI is InChI=1S/C8H12O2/c1-4-5-7(9)8(3)6(2)10-8/h4-6H,1-3H3/b5-4+. The van der Waals surface area contributed by atoms with E-state index in [-0.39, 0.29) is 11.9 Å². The van der Waals surface area contributed by atoms with Crippen LogP contribution >= 0.6 is 0 Å². The van der Waals surface area contributed by atoms with Crippen LogP contribution in [0.3, 0.4) is 0 Å². The first-order chi connectivity index (χ1) is 4.61. The molecule has 10 heavy (non-hydrogen) atoms. The number of epoxide rings is 1. The second-order valence-electron chi connectivity index (χ2n) is 2.73. The van der Waals surface area contributed by atoms with Crippen LogP contribution in [0.2, 0.25) is 0 Å². The summed E-state index contributed by atoms with van der Waals surface area (Å²) in [5, 5.41) is 0. The van der Waals surface area contributed by atoms with Crippen LogP contribution in [0.25, 0.3) is 0 Å². The fourth-order valence-corrected chi connectivity index (χ4v) is 0.908. The molecule has 0 N–H and O–H groups in total. The number of carbonyl (C=O) groups excluding carboxylic acids is 1. The zero-order valence-electron chi connectivity index (χ0n) is 6.55. The van der Waals surface area contributed by atoms with E-state index in [4.69, 9.17) is 4.74 Å². The first-order valence-electron chi connectivity index (χ1n) is 3.46. The summed E-state index contributed by atoms with van der Waals surface area (Å²) in [6.45, 7) is 5.55. The smallest absolute Gasteiger partial charge is 0.189 e. The normalized spacial score (nSPS) is 38.5. The third-order valence-corrected chi connectivity index (χ3v) is 1.95. The molecule has 0 amide bonds. The fraction of sp³-hybridized carbons (Fsp3) is 0.625. The van der Waals surface area contributed by atoms with Crippen LogP contribution in [0.4, 0.5) is 0 Å². The lowest BCUT2D eigenvalue weighted by Gasteiger charge is -1.96. The van der Waals surface area contributed by atoms with E-state index in [1.807, 2.05) is 20.8 Å².